The van der Waals surface area contributed by atoms with Crippen molar-refractivity contribution in [3.05, 3.63) is 62.8 Å². The third-order valence-corrected chi connectivity index (χ3v) is 2.39. The molecule has 0 aromatic carbocycles. The third kappa shape index (κ3) is 6.54. The minimum atomic E-state index is -0.254. The quantitative estimate of drug-likeness (QED) is 0.451. The molecular weight excluding hydrogens is 252 g/mol. The Bertz CT molecular complexity index is 353. The van der Waals surface area contributed by atoms with E-state index in [2.05, 4.69) is 26.3 Å². The summed E-state index contributed by atoms with van der Waals surface area (Å²) in [6, 6.07) is 0. The van der Waals surface area contributed by atoms with E-state index in [-0.39, 0.29) is 11.8 Å². The summed E-state index contributed by atoms with van der Waals surface area (Å²) in [4.78, 5) is 26.8. The van der Waals surface area contributed by atoms with Gasteiger partial charge in [-0.05, 0) is 0 Å². The van der Waals surface area contributed by atoms with E-state index < -0.39 is 0 Å². The molecule has 0 heterocycles. The van der Waals surface area contributed by atoms with Crippen molar-refractivity contribution in [3.8, 4) is 0 Å². The van der Waals surface area contributed by atoms with Gasteiger partial charge in [0.1, 0.15) is 0 Å². The zero-order valence-corrected chi connectivity index (χ0v) is 11.8. The number of carbonyl (C=O) groups excluding carboxylic acids is 2. The topological polar surface area (TPSA) is 40.6 Å². The van der Waals surface area contributed by atoms with Crippen molar-refractivity contribution in [3.63, 3.8) is 0 Å². The number of nitrogens with zero attached hydrogens (tertiary/aromatic N) is 2. The van der Waals surface area contributed by atoms with Crippen molar-refractivity contribution >= 4 is 11.8 Å². The summed E-state index contributed by atoms with van der Waals surface area (Å²) < 4.78 is 0. The Morgan fingerprint density at radius 2 is 0.900 bits per heavy atom. The highest BCUT2D eigenvalue weighted by molar-refractivity contribution is 5.96. The number of hydrogen-bond acceptors (Lipinski definition) is 2. The maximum Gasteiger partial charge on any atom is 0.247 e. The van der Waals surface area contributed by atoms with Gasteiger partial charge < -0.3 is 9.80 Å². The Hall–Kier alpha value is -2.36. The van der Waals surface area contributed by atoms with E-state index in [9.17, 15) is 9.59 Å². The van der Waals surface area contributed by atoms with E-state index in [0.717, 1.165) is 0 Å². The van der Waals surface area contributed by atoms with Crippen LogP contribution in [0.4, 0.5) is 0 Å². The van der Waals surface area contributed by atoms with Gasteiger partial charge in [0.15, 0.2) is 0 Å². The smallest absolute Gasteiger partial charge is 0.247 e. The van der Waals surface area contributed by atoms with Crippen molar-refractivity contribution in [1.29, 1.82) is 0 Å². The molecule has 0 rings (SSSR count). The second-order valence-electron chi connectivity index (χ2n) is 3.97. The summed E-state index contributed by atoms with van der Waals surface area (Å²) in [5.41, 5.74) is 0. The van der Waals surface area contributed by atoms with Crippen molar-refractivity contribution in [2.45, 2.75) is 0 Å². The van der Waals surface area contributed by atoms with Crippen LogP contribution in [-0.2, 0) is 9.59 Å². The molecule has 0 aliphatic rings. The molecule has 4 heteroatoms. The van der Waals surface area contributed by atoms with Crippen LogP contribution in [0.25, 0.3) is 0 Å². The van der Waals surface area contributed by atoms with Crippen LogP contribution in [0.15, 0.2) is 62.8 Å². The molecule has 0 aromatic rings. The van der Waals surface area contributed by atoms with Crippen LogP contribution >= 0.6 is 0 Å². The molecule has 0 bridgehead atoms. The molecule has 0 unspecified atom stereocenters. The molecule has 4 nitrogen and oxygen atoms in total. The lowest BCUT2D eigenvalue weighted by Crippen LogP contribution is -2.32. The summed E-state index contributed by atoms with van der Waals surface area (Å²) in [6.07, 6.45) is 9.01. The molecule has 0 N–H and O–H groups in total. The first-order valence-corrected chi connectivity index (χ1v) is 6.30. The molecule has 0 saturated carbocycles. The van der Waals surface area contributed by atoms with Crippen LogP contribution in [0.3, 0.4) is 0 Å². The van der Waals surface area contributed by atoms with Crippen LogP contribution in [0.5, 0.6) is 0 Å². The first-order valence-electron chi connectivity index (χ1n) is 6.30. The van der Waals surface area contributed by atoms with E-state index in [0.29, 0.717) is 26.2 Å². The second kappa shape index (κ2) is 10.6. The summed E-state index contributed by atoms with van der Waals surface area (Å²) in [6.45, 7) is 16.0. The average molecular weight is 274 g/mol. The van der Waals surface area contributed by atoms with Gasteiger partial charge in [-0.1, -0.05) is 24.3 Å². The fraction of sp³-hybridized carbons (Fsp3) is 0.250. The number of hydrogen-bond donors (Lipinski definition) is 0. The lowest BCUT2D eigenvalue weighted by molar-refractivity contribution is -0.127. The van der Waals surface area contributed by atoms with Crippen LogP contribution < -0.4 is 0 Å². The molecule has 0 aromatic heterocycles. The SMILES string of the molecule is C=CCN(CC=C)C(=O)/C=C\C(=O)N(CC=C)CC=C. The molecule has 0 saturated heterocycles. The Balaban J connectivity index is 4.71. The minimum Gasteiger partial charge on any atom is -0.332 e. The molecule has 0 radical (unpaired) electrons. The van der Waals surface area contributed by atoms with Gasteiger partial charge in [-0.2, -0.15) is 0 Å². The van der Waals surface area contributed by atoms with E-state index in [1.54, 1.807) is 24.3 Å². The van der Waals surface area contributed by atoms with Gasteiger partial charge >= 0.3 is 0 Å². The molecule has 0 spiro atoms. The fourth-order valence-electron chi connectivity index (χ4n) is 1.49. The standard InChI is InChI=1S/C16H22N2O2/c1-5-11-17(12-6-2)15(19)9-10-16(20)18(13-7-3)14-8-4/h5-10H,1-4,11-14H2/b10-9-. The van der Waals surface area contributed by atoms with Gasteiger partial charge in [0.2, 0.25) is 11.8 Å². The highest BCUT2D eigenvalue weighted by Gasteiger charge is 2.10. The van der Waals surface area contributed by atoms with Gasteiger partial charge in [-0.3, -0.25) is 9.59 Å². The normalized spacial score (nSPS) is 9.80. The van der Waals surface area contributed by atoms with E-state index in [4.69, 9.17) is 0 Å². The molecule has 0 atom stereocenters. The predicted molar refractivity (Wildman–Crippen MR) is 83.1 cm³/mol. The maximum absolute atomic E-state index is 11.9. The van der Waals surface area contributed by atoms with Gasteiger partial charge in [0, 0.05) is 38.3 Å². The van der Waals surface area contributed by atoms with E-state index in [1.807, 2.05) is 0 Å². The lowest BCUT2D eigenvalue weighted by Gasteiger charge is -2.18. The molecule has 0 aliphatic heterocycles. The molecule has 0 aliphatic carbocycles. The van der Waals surface area contributed by atoms with E-state index in [1.165, 1.54) is 22.0 Å². The average Bonchev–Trinajstić information content (AvgIpc) is 2.44. The third-order valence-electron chi connectivity index (χ3n) is 2.39. The first kappa shape index (κ1) is 17.6. The number of carbonyl (C=O) groups is 2. The van der Waals surface area contributed by atoms with Crippen molar-refractivity contribution < 1.29 is 9.59 Å². The Morgan fingerprint density at radius 1 is 0.650 bits per heavy atom. The Labute approximate surface area is 121 Å². The zero-order valence-electron chi connectivity index (χ0n) is 11.8. The molecule has 20 heavy (non-hydrogen) atoms. The predicted octanol–water partition coefficient (Wildman–Crippen LogP) is 1.94. The van der Waals surface area contributed by atoms with Gasteiger partial charge in [-0.25, -0.2) is 0 Å². The maximum atomic E-state index is 11.9. The Morgan fingerprint density at radius 3 is 1.10 bits per heavy atom. The first-order chi connectivity index (χ1) is 9.60. The molecule has 0 fully saturated rings. The molecular formula is C16H22N2O2. The van der Waals surface area contributed by atoms with Gasteiger partial charge in [-0.15, -0.1) is 26.3 Å². The van der Waals surface area contributed by atoms with Crippen LogP contribution in [0.1, 0.15) is 0 Å². The summed E-state index contributed by atoms with van der Waals surface area (Å²) in [7, 11) is 0. The highest BCUT2D eigenvalue weighted by Crippen LogP contribution is 1.96. The van der Waals surface area contributed by atoms with Crippen molar-refractivity contribution in [2.24, 2.45) is 0 Å². The van der Waals surface area contributed by atoms with Gasteiger partial charge in [0.25, 0.3) is 0 Å². The van der Waals surface area contributed by atoms with Gasteiger partial charge in [0.05, 0.1) is 0 Å². The van der Waals surface area contributed by atoms with Crippen LogP contribution in [-0.4, -0.2) is 47.8 Å². The number of amides is 2. The molecule has 108 valence electrons. The summed E-state index contributed by atoms with van der Waals surface area (Å²) in [5.74, 6) is -0.509. The zero-order chi connectivity index (χ0) is 15.4. The van der Waals surface area contributed by atoms with Crippen LogP contribution in [0.2, 0.25) is 0 Å². The Kier molecular flexibility index (Phi) is 9.31. The minimum absolute atomic E-state index is 0.254. The second-order valence-corrected chi connectivity index (χ2v) is 3.97. The highest BCUT2D eigenvalue weighted by atomic mass is 16.2. The largest absolute Gasteiger partial charge is 0.332 e. The fourth-order valence-corrected chi connectivity index (χ4v) is 1.49. The van der Waals surface area contributed by atoms with Crippen molar-refractivity contribution in [1.82, 2.24) is 9.80 Å². The van der Waals surface area contributed by atoms with E-state index >= 15 is 0 Å². The van der Waals surface area contributed by atoms with Crippen LogP contribution in [0, 0.1) is 0 Å². The lowest BCUT2D eigenvalue weighted by atomic mass is 10.3. The molecule has 2 amide bonds. The number of rotatable bonds is 10. The summed E-state index contributed by atoms with van der Waals surface area (Å²) in [5, 5.41) is 0. The van der Waals surface area contributed by atoms with Crippen molar-refractivity contribution in [2.75, 3.05) is 26.2 Å². The summed E-state index contributed by atoms with van der Waals surface area (Å²) >= 11 is 0. The monoisotopic (exact) mass is 274 g/mol.